The molecule has 1 aliphatic rings. The van der Waals surface area contributed by atoms with Crippen LogP contribution in [0.2, 0.25) is 0 Å². The Morgan fingerprint density at radius 1 is 1.22 bits per heavy atom. The highest BCUT2D eigenvalue weighted by Gasteiger charge is 2.32. The number of oxazole rings is 1. The Balaban J connectivity index is 1.85. The molecule has 0 amide bonds. The number of nitrogens with one attached hydrogen (secondary N) is 1. The maximum atomic E-state index is 6.15. The lowest BCUT2D eigenvalue weighted by Crippen LogP contribution is -2.42. The maximum Gasteiger partial charge on any atom is 0.296 e. The van der Waals surface area contributed by atoms with Crippen molar-refractivity contribution in [2.45, 2.75) is 37.6 Å². The first-order valence-corrected chi connectivity index (χ1v) is 7.05. The van der Waals surface area contributed by atoms with Crippen molar-refractivity contribution in [1.29, 1.82) is 0 Å². The number of rotatable bonds is 3. The van der Waals surface area contributed by atoms with E-state index in [-0.39, 0.29) is 5.54 Å². The number of alkyl halides is 1. The molecule has 1 aromatic heterocycles. The number of aromatic nitrogens is 1. The second-order valence-corrected chi connectivity index (χ2v) is 5.35. The van der Waals surface area contributed by atoms with E-state index in [1.165, 1.54) is 19.3 Å². The molecule has 0 saturated heterocycles. The van der Waals surface area contributed by atoms with Gasteiger partial charge < -0.3 is 9.73 Å². The van der Waals surface area contributed by atoms with Crippen LogP contribution in [0.15, 0.2) is 28.7 Å². The highest BCUT2D eigenvalue weighted by molar-refractivity contribution is 6.18. The van der Waals surface area contributed by atoms with Gasteiger partial charge in [0, 0.05) is 5.88 Å². The van der Waals surface area contributed by atoms with Crippen molar-refractivity contribution in [1.82, 2.24) is 4.98 Å². The third kappa shape index (κ3) is 2.19. The van der Waals surface area contributed by atoms with Crippen LogP contribution in [0.4, 0.5) is 6.01 Å². The minimum atomic E-state index is -0.0410. The Hall–Kier alpha value is -1.22. The first-order chi connectivity index (χ1) is 8.81. The van der Waals surface area contributed by atoms with E-state index in [1.54, 1.807) is 0 Å². The van der Waals surface area contributed by atoms with E-state index in [0.29, 0.717) is 11.9 Å². The van der Waals surface area contributed by atoms with E-state index in [0.717, 1.165) is 23.9 Å². The third-order valence-electron chi connectivity index (χ3n) is 3.73. The summed E-state index contributed by atoms with van der Waals surface area (Å²) in [6.07, 6.45) is 5.93. The molecule has 3 nitrogen and oxygen atoms in total. The third-order valence-corrected chi connectivity index (χ3v) is 4.24. The van der Waals surface area contributed by atoms with Gasteiger partial charge in [0.15, 0.2) is 5.58 Å². The van der Waals surface area contributed by atoms with Gasteiger partial charge in [-0.05, 0) is 25.0 Å². The van der Waals surface area contributed by atoms with Gasteiger partial charge >= 0.3 is 0 Å². The van der Waals surface area contributed by atoms with Gasteiger partial charge in [0.25, 0.3) is 6.01 Å². The van der Waals surface area contributed by atoms with Crippen LogP contribution >= 0.6 is 11.6 Å². The number of fused-ring (bicyclic) bond motifs is 1. The molecule has 3 rings (SSSR count). The summed E-state index contributed by atoms with van der Waals surface area (Å²) < 4.78 is 5.72. The Kier molecular flexibility index (Phi) is 3.16. The normalized spacial score (nSPS) is 18.9. The summed E-state index contributed by atoms with van der Waals surface area (Å²) in [5.74, 6) is 0.603. The lowest BCUT2D eigenvalue weighted by Gasteiger charge is -2.35. The summed E-state index contributed by atoms with van der Waals surface area (Å²) in [4.78, 5) is 4.46. The summed E-state index contributed by atoms with van der Waals surface area (Å²) >= 11 is 6.15. The molecule has 0 atom stereocenters. The molecule has 1 N–H and O–H groups in total. The minimum absolute atomic E-state index is 0.0410. The van der Waals surface area contributed by atoms with Gasteiger partial charge in [-0.1, -0.05) is 31.4 Å². The Labute approximate surface area is 112 Å². The van der Waals surface area contributed by atoms with Gasteiger partial charge in [-0.3, -0.25) is 0 Å². The van der Waals surface area contributed by atoms with Gasteiger partial charge in [0.1, 0.15) is 5.52 Å². The zero-order valence-electron chi connectivity index (χ0n) is 10.3. The molecule has 1 aliphatic carbocycles. The van der Waals surface area contributed by atoms with Crippen molar-refractivity contribution < 1.29 is 4.42 Å². The summed E-state index contributed by atoms with van der Waals surface area (Å²) in [7, 11) is 0. The zero-order valence-corrected chi connectivity index (χ0v) is 11.0. The van der Waals surface area contributed by atoms with Gasteiger partial charge in [0.2, 0.25) is 0 Å². The number of para-hydroxylation sites is 2. The van der Waals surface area contributed by atoms with E-state index in [1.807, 2.05) is 24.3 Å². The van der Waals surface area contributed by atoms with E-state index in [4.69, 9.17) is 16.0 Å². The monoisotopic (exact) mass is 264 g/mol. The maximum absolute atomic E-state index is 6.15. The average molecular weight is 265 g/mol. The van der Waals surface area contributed by atoms with Crippen LogP contribution in [0.5, 0.6) is 0 Å². The lowest BCUT2D eigenvalue weighted by atomic mass is 9.83. The molecular weight excluding hydrogens is 248 g/mol. The fourth-order valence-corrected chi connectivity index (χ4v) is 3.01. The van der Waals surface area contributed by atoms with Crippen LogP contribution in [0, 0.1) is 0 Å². The van der Waals surface area contributed by atoms with Crippen LogP contribution in [0.3, 0.4) is 0 Å². The minimum Gasteiger partial charge on any atom is -0.424 e. The van der Waals surface area contributed by atoms with Crippen LogP contribution in [0.1, 0.15) is 32.1 Å². The summed E-state index contributed by atoms with van der Waals surface area (Å²) in [6.45, 7) is 0. The highest BCUT2D eigenvalue weighted by Crippen LogP contribution is 2.33. The molecule has 0 unspecified atom stereocenters. The van der Waals surface area contributed by atoms with Gasteiger partial charge in [-0.15, -0.1) is 11.6 Å². The van der Waals surface area contributed by atoms with Gasteiger partial charge in [-0.2, -0.15) is 4.98 Å². The number of nitrogens with zero attached hydrogens (tertiary/aromatic N) is 1. The van der Waals surface area contributed by atoms with Crippen LogP contribution < -0.4 is 5.32 Å². The molecule has 1 heterocycles. The molecule has 0 radical (unpaired) electrons. The first kappa shape index (κ1) is 11.8. The van der Waals surface area contributed by atoms with E-state index in [9.17, 15) is 0 Å². The lowest BCUT2D eigenvalue weighted by molar-refractivity contribution is 0.345. The predicted molar refractivity (Wildman–Crippen MR) is 74.2 cm³/mol. The standard InChI is InChI=1S/C14H17ClN2O/c15-10-14(8-4-1-5-9-14)17-13-16-11-6-2-3-7-12(11)18-13/h2-3,6-7H,1,4-5,8-10H2,(H,16,17). The van der Waals surface area contributed by atoms with Crippen molar-refractivity contribution in [2.24, 2.45) is 0 Å². The second-order valence-electron chi connectivity index (χ2n) is 5.09. The molecule has 1 fully saturated rings. The summed E-state index contributed by atoms with van der Waals surface area (Å²) in [5.41, 5.74) is 1.67. The van der Waals surface area contributed by atoms with Crippen molar-refractivity contribution in [3.05, 3.63) is 24.3 Å². The molecule has 1 aromatic carbocycles. The van der Waals surface area contributed by atoms with Crippen molar-refractivity contribution in [2.75, 3.05) is 11.2 Å². The zero-order chi connectivity index (χ0) is 12.4. The van der Waals surface area contributed by atoms with Crippen LogP contribution in [-0.2, 0) is 0 Å². The van der Waals surface area contributed by atoms with E-state index < -0.39 is 0 Å². The smallest absolute Gasteiger partial charge is 0.296 e. The fourth-order valence-electron chi connectivity index (χ4n) is 2.67. The molecule has 18 heavy (non-hydrogen) atoms. The fraction of sp³-hybridized carbons (Fsp3) is 0.500. The van der Waals surface area contributed by atoms with Gasteiger partial charge in [-0.25, -0.2) is 0 Å². The second kappa shape index (κ2) is 4.81. The number of anilines is 1. The molecule has 4 heteroatoms. The van der Waals surface area contributed by atoms with E-state index >= 15 is 0 Å². The molecule has 1 saturated carbocycles. The summed E-state index contributed by atoms with van der Waals surface area (Å²) in [6, 6.07) is 8.40. The Bertz CT molecular complexity index is 498. The number of benzene rings is 1. The summed E-state index contributed by atoms with van der Waals surface area (Å²) in [5, 5.41) is 3.42. The van der Waals surface area contributed by atoms with Crippen molar-refractivity contribution in [3.8, 4) is 0 Å². The predicted octanol–water partition coefficient (Wildman–Crippen LogP) is 4.18. The SMILES string of the molecule is ClCC1(Nc2nc3ccccc3o2)CCCCC1. The molecule has 0 spiro atoms. The molecular formula is C14H17ClN2O. The number of halogens is 1. The van der Waals surface area contributed by atoms with Gasteiger partial charge in [0.05, 0.1) is 5.54 Å². The molecule has 0 aliphatic heterocycles. The quantitative estimate of drug-likeness (QED) is 0.845. The Morgan fingerprint density at radius 3 is 2.72 bits per heavy atom. The molecule has 96 valence electrons. The van der Waals surface area contributed by atoms with Crippen molar-refractivity contribution in [3.63, 3.8) is 0 Å². The molecule has 2 aromatic rings. The number of hydrogen-bond acceptors (Lipinski definition) is 3. The first-order valence-electron chi connectivity index (χ1n) is 6.51. The highest BCUT2D eigenvalue weighted by atomic mass is 35.5. The van der Waals surface area contributed by atoms with E-state index in [2.05, 4.69) is 10.3 Å². The van der Waals surface area contributed by atoms with Crippen LogP contribution in [-0.4, -0.2) is 16.4 Å². The topological polar surface area (TPSA) is 38.1 Å². The average Bonchev–Trinajstić information content (AvgIpc) is 2.81. The largest absolute Gasteiger partial charge is 0.424 e. The molecule has 0 bridgehead atoms. The Morgan fingerprint density at radius 2 is 2.00 bits per heavy atom. The van der Waals surface area contributed by atoms with Crippen LogP contribution in [0.25, 0.3) is 11.1 Å². The number of hydrogen-bond donors (Lipinski definition) is 1. The van der Waals surface area contributed by atoms with Crippen molar-refractivity contribution >= 4 is 28.7 Å².